The fourth-order valence-electron chi connectivity index (χ4n) is 3.93. The van der Waals surface area contributed by atoms with E-state index in [1.807, 2.05) is 37.3 Å². The molecule has 0 aliphatic heterocycles. The first kappa shape index (κ1) is 25.9. The van der Waals surface area contributed by atoms with Gasteiger partial charge in [-0.1, -0.05) is 49.4 Å². The van der Waals surface area contributed by atoms with Crippen LogP contribution in [0.1, 0.15) is 44.2 Å². The zero-order valence-corrected chi connectivity index (χ0v) is 20.7. The summed E-state index contributed by atoms with van der Waals surface area (Å²) >= 11 is 0. The first-order valence-corrected chi connectivity index (χ1v) is 11.9. The second-order valence-electron chi connectivity index (χ2n) is 8.78. The van der Waals surface area contributed by atoms with E-state index in [1.165, 1.54) is 16.8 Å². The van der Waals surface area contributed by atoms with E-state index >= 15 is 0 Å². The molecule has 0 bridgehead atoms. The number of halogens is 3. The average Bonchev–Trinajstić information content (AvgIpc) is 3.28. The van der Waals surface area contributed by atoms with E-state index in [9.17, 15) is 18.0 Å². The maximum absolute atomic E-state index is 13.3. The Morgan fingerprint density at radius 1 is 1.00 bits per heavy atom. The maximum atomic E-state index is 13.3. The van der Waals surface area contributed by atoms with Gasteiger partial charge in [0.2, 0.25) is 5.91 Å². The highest BCUT2D eigenvalue weighted by atomic mass is 19.4. The van der Waals surface area contributed by atoms with Gasteiger partial charge in [0.15, 0.2) is 5.82 Å². The molecule has 4 aromatic rings. The van der Waals surface area contributed by atoms with Gasteiger partial charge in [0.1, 0.15) is 0 Å². The highest BCUT2D eigenvalue weighted by Crippen LogP contribution is 2.33. The molecule has 0 fully saturated rings. The summed E-state index contributed by atoms with van der Waals surface area (Å²) < 4.78 is 47.0. The van der Waals surface area contributed by atoms with Crippen molar-refractivity contribution in [2.45, 2.75) is 45.4 Å². The summed E-state index contributed by atoms with van der Waals surface area (Å²) in [6, 6.07) is 21.4. The topological polar surface area (TPSA) is 69.0 Å². The lowest BCUT2D eigenvalue weighted by atomic mass is 9.95. The number of nitrogens with one attached hydrogen (secondary N) is 1. The normalized spacial score (nSPS) is 12.4. The monoisotopic (exact) mass is 508 g/mol. The van der Waals surface area contributed by atoms with Crippen LogP contribution in [0, 0.1) is 0 Å². The van der Waals surface area contributed by atoms with Gasteiger partial charge < -0.3 is 10.1 Å². The Bertz CT molecular complexity index is 1350. The molecule has 3 aromatic carbocycles. The largest absolute Gasteiger partial charge is 0.460 e. The van der Waals surface area contributed by atoms with E-state index in [4.69, 9.17) is 4.74 Å². The van der Waals surface area contributed by atoms with Crippen molar-refractivity contribution in [3.05, 3.63) is 90.0 Å². The van der Waals surface area contributed by atoms with Crippen LogP contribution in [0.25, 0.3) is 17.1 Å². The number of benzene rings is 3. The Kier molecular flexibility index (Phi) is 7.61. The summed E-state index contributed by atoms with van der Waals surface area (Å²) in [5.41, 5.74) is 1.53. The molecule has 0 saturated heterocycles. The van der Waals surface area contributed by atoms with Crippen molar-refractivity contribution in [1.82, 2.24) is 14.8 Å². The standard InChI is InChI=1S/C28H27F3N4O2/c1-4-24(19-9-6-5-7-10-19)26(36)32-22-13-15-23(16-14-22)35-25(33-27(34-35)37-18(2)3)20-11-8-12-21(17-20)28(29,30)31/h5-18,24H,4H2,1-3H3,(H,32,36). The molecule has 6 nitrogen and oxygen atoms in total. The van der Waals surface area contributed by atoms with E-state index in [-0.39, 0.29) is 35.3 Å². The van der Waals surface area contributed by atoms with Crippen molar-refractivity contribution in [3.8, 4) is 23.1 Å². The summed E-state index contributed by atoms with van der Waals surface area (Å²) in [7, 11) is 0. The number of rotatable bonds is 8. The molecule has 37 heavy (non-hydrogen) atoms. The summed E-state index contributed by atoms with van der Waals surface area (Å²) in [6.45, 7) is 5.57. The lowest BCUT2D eigenvalue weighted by Crippen LogP contribution is -2.20. The minimum atomic E-state index is -4.49. The lowest BCUT2D eigenvalue weighted by Gasteiger charge is -2.16. The first-order chi connectivity index (χ1) is 17.7. The van der Waals surface area contributed by atoms with Gasteiger partial charge in [0.05, 0.1) is 23.3 Å². The molecule has 0 saturated carbocycles. The highest BCUT2D eigenvalue weighted by Gasteiger charge is 2.31. The number of carbonyl (C=O) groups excluding carboxylic acids is 1. The van der Waals surface area contributed by atoms with Gasteiger partial charge in [0.25, 0.3) is 0 Å². The van der Waals surface area contributed by atoms with Crippen molar-refractivity contribution in [2.75, 3.05) is 5.32 Å². The van der Waals surface area contributed by atoms with Crippen LogP contribution >= 0.6 is 0 Å². The maximum Gasteiger partial charge on any atom is 0.416 e. The molecule has 1 heterocycles. The Hall–Kier alpha value is -4.14. The predicted octanol–water partition coefficient (Wildman–Crippen LogP) is 6.87. The molecule has 0 aliphatic carbocycles. The van der Waals surface area contributed by atoms with Gasteiger partial charge in [-0.2, -0.15) is 18.2 Å². The molecule has 1 N–H and O–H groups in total. The van der Waals surface area contributed by atoms with Crippen LogP contribution in [-0.2, 0) is 11.0 Å². The molecule has 1 unspecified atom stereocenters. The molecular weight excluding hydrogens is 481 g/mol. The smallest absolute Gasteiger partial charge is 0.416 e. The van der Waals surface area contributed by atoms with Crippen LogP contribution in [0.15, 0.2) is 78.9 Å². The molecule has 192 valence electrons. The quantitative estimate of drug-likeness (QED) is 0.282. The van der Waals surface area contributed by atoms with Crippen LogP contribution in [0.4, 0.5) is 18.9 Å². The Morgan fingerprint density at radius 3 is 2.32 bits per heavy atom. The number of amides is 1. The van der Waals surface area contributed by atoms with Crippen LogP contribution in [0.3, 0.4) is 0 Å². The van der Waals surface area contributed by atoms with Gasteiger partial charge in [-0.05, 0) is 62.2 Å². The molecule has 1 amide bonds. The molecule has 0 radical (unpaired) electrons. The van der Waals surface area contributed by atoms with Crippen molar-refractivity contribution >= 4 is 11.6 Å². The number of hydrogen-bond acceptors (Lipinski definition) is 4. The number of anilines is 1. The zero-order chi connectivity index (χ0) is 26.6. The Morgan fingerprint density at radius 2 is 1.70 bits per heavy atom. The fraction of sp³-hybridized carbons (Fsp3) is 0.250. The third-order valence-corrected chi connectivity index (χ3v) is 5.68. The molecule has 1 atom stereocenters. The van der Waals surface area contributed by atoms with Gasteiger partial charge in [0, 0.05) is 11.3 Å². The van der Waals surface area contributed by atoms with E-state index < -0.39 is 11.7 Å². The van der Waals surface area contributed by atoms with Crippen LogP contribution in [0.2, 0.25) is 0 Å². The minimum Gasteiger partial charge on any atom is -0.460 e. The molecule has 4 rings (SSSR count). The first-order valence-electron chi connectivity index (χ1n) is 11.9. The predicted molar refractivity (Wildman–Crippen MR) is 136 cm³/mol. The highest BCUT2D eigenvalue weighted by molar-refractivity contribution is 5.95. The third-order valence-electron chi connectivity index (χ3n) is 5.68. The van der Waals surface area contributed by atoms with Gasteiger partial charge >= 0.3 is 12.2 Å². The van der Waals surface area contributed by atoms with Gasteiger partial charge in [-0.3, -0.25) is 4.79 Å². The van der Waals surface area contributed by atoms with Crippen molar-refractivity contribution < 1.29 is 22.7 Å². The van der Waals surface area contributed by atoms with Crippen LogP contribution in [-0.4, -0.2) is 26.8 Å². The summed E-state index contributed by atoms with van der Waals surface area (Å²) in [6.07, 6.45) is -4.07. The number of alkyl halides is 3. The molecular formula is C28H27F3N4O2. The summed E-state index contributed by atoms with van der Waals surface area (Å²) in [5.74, 6) is -0.215. The Labute approximate surface area is 213 Å². The zero-order valence-electron chi connectivity index (χ0n) is 20.7. The van der Waals surface area contributed by atoms with E-state index in [2.05, 4.69) is 15.4 Å². The van der Waals surface area contributed by atoms with E-state index in [1.54, 1.807) is 38.1 Å². The second-order valence-corrected chi connectivity index (χ2v) is 8.78. The molecule has 1 aromatic heterocycles. The molecule has 0 spiro atoms. The summed E-state index contributed by atoms with van der Waals surface area (Å²) in [5, 5.41) is 7.31. The van der Waals surface area contributed by atoms with Crippen molar-refractivity contribution in [1.29, 1.82) is 0 Å². The molecule has 0 aliphatic rings. The number of nitrogens with zero attached hydrogens (tertiary/aromatic N) is 3. The Balaban J connectivity index is 1.63. The molecule has 9 heteroatoms. The number of hydrogen-bond donors (Lipinski definition) is 1. The SMILES string of the molecule is CCC(C(=O)Nc1ccc(-n2nc(OC(C)C)nc2-c2cccc(C(F)(F)F)c2)cc1)c1ccccc1. The second kappa shape index (κ2) is 10.9. The number of aromatic nitrogens is 3. The fourth-order valence-corrected chi connectivity index (χ4v) is 3.93. The van der Waals surface area contributed by atoms with Crippen LogP contribution < -0.4 is 10.1 Å². The van der Waals surface area contributed by atoms with Crippen molar-refractivity contribution in [3.63, 3.8) is 0 Å². The van der Waals surface area contributed by atoms with Crippen molar-refractivity contribution in [2.24, 2.45) is 0 Å². The van der Waals surface area contributed by atoms with Gasteiger partial charge in [-0.25, -0.2) is 4.68 Å². The van der Waals surface area contributed by atoms with E-state index in [0.29, 0.717) is 17.8 Å². The third kappa shape index (κ3) is 6.17. The average molecular weight is 509 g/mol. The summed E-state index contributed by atoms with van der Waals surface area (Å²) in [4.78, 5) is 17.3. The lowest BCUT2D eigenvalue weighted by molar-refractivity contribution is -0.137. The van der Waals surface area contributed by atoms with Crippen LogP contribution in [0.5, 0.6) is 6.01 Å². The van der Waals surface area contributed by atoms with E-state index in [0.717, 1.165) is 17.7 Å². The minimum absolute atomic E-state index is 0.0495. The van der Waals surface area contributed by atoms with Gasteiger partial charge in [-0.15, -0.1) is 5.10 Å². The number of ether oxygens (including phenoxy) is 1. The number of carbonyl (C=O) groups is 1.